The van der Waals surface area contributed by atoms with Crippen molar-refractivity contribution in [3.8, 4) is 0 Å². The van der Waals surface area contributed by atoms with Crippen LogP contribution in [0.25, 0.3) is 0 Å². The fourth-order valence-corrected chi connectivity index (χ4v) is 4.34. The summed E-state index contributed by atoms with van der Waals surface area (Å²) in [5.41, 5.74) is 3.83. The van der Waals surface area contributed by atoms with E-state index in [-0.39, 0.29) is 24.1 Å². The van der Waals surface area contributed by atoms with Crippen molar-refractivity contribution in [3.05, 3.63) is 96.1 Å². The molecule has 0 spiro atoms. The molecule has 0 bridgehead atoms. The summed E-state index contributed by atoms with van der Waals surface area (Å²) in [5, 5.41) is 9.23. The molecule has 3 N–H and O–H groups in total. The lowest BCUT2D eigenvalue weighted by molar-refractivity contribution is 0.217. The van der Waals surface area contributed by atoms with Gasteiger partial charge in [-0.25, -0.2) is 9.59 Å². The summed E-state index contributed by atoms with van der Waals surface area (Å²) in [6.45, 7) is 2.50. The molecule has 1 fully saturated rings. The van der Waals surface area contributed by atoms with Crippen molar-refractivity contribution in [2.75, 3.05) is 4.90 Å². The third-order valence-electron chi connectivity index (χ3n) is 6.20. The maximum atomic E-state index is 13.5. The zero-order valence-electron chi connectivity index (χ0n) is 19.5. The minimum absolute atomic E-state index is 0.121. The molecule has 2 atom stereocenters. The molecule has 3 aromatic rings. The van der Waals surface area contributed by atoms with E-state index in [2.05, 4.69) is 16.0 Å². The highest BCUT2D eigenvalue weighted by Crippen LogP contribution is 2.26. The van der Waals surface area contributed by atoms with E-state index in [0.29, 0.717) is 6.54 Å². The molecule has 0 radical (unpaired) electrons. The lowest BCUT2D eigenvalue weighted by Gasteiger charge is -2.34. The van der Waals surface area contributed by atoms with Crippen LogP contribution in [0.1, 0.15) is 36.8 Å². The number of amides is 4. The van der Waals surface area contributed by atoms with Gasteiger partial charge in [-0.2, -0.15) is 0 Å². The van der Waals surface area contributed by atoms with Gasteiger partial charge in [0, 0.05) is 6.54 Å². The smallest absolute Gasteiger partial charge is 0.326 e. The average molecular weight is 457 g/mol. The summed E-state index contributed by atoms with van der Waals surface area (Å²) in [5.74, 6) is 0. The zero-order chi connectivity index (χ0) is 23.8. The van der Waals surface area contributed by atoms with Crippen LogP contribution >= 0.6 is 0 Å². The van der Waals surface area contributed by atoms with E-state index in [9.17, 15) is 9.59 Å². The molecule has 6 nitrogen and oxygen atoms in total. The molecule has 0 aliphatic heterocycles. The van der Waals surface area contributed by atoms with Gasteiger partial charge in [-0.15, -0.1) is 0 Å². The van der Waals surface area contributed by atoms with E-state index in [1.165, 1.54) is 5.56 Å². The number of urea groups is 2. The minimum atomic E-state index is -0.213. The molecule has 4 rings (SSSR count). The van der Waals surface area contributed by atoms with Crippen LogP contribution in [0.4, 0.5) is 21.0 Å². The second-order valence-corrected chi connectivity index (χ2v) is 8.77. The number of hydrogen-bond acceptors (Lipinski definition) is 2. The molecule has 0 saturated heterocycles. The number of rotatable bonds is 6. The molecule has 0 aromatic heterocycles. The van der Waals surface area contributed by atoms with Crippen molar-refractivity contribution in [2.45, 2.75) is 51.2 Å². The van der Waals surface area contributed by atoms with E-state index in [1.54, 1.807) is 4.90 Å². The van der Waals surface area contributed by atoms with Crippen LogP contribution < -0.4 is 20.9 Å². The van der Waals surface area contributed by atoms with Gasteiger partial charge in [0.2, 0.25) is 0 Å². The van der Waals surface area contributed by atoms with Crippen LogP contribution in [0.2, 0.25) is 0 Å². The van der Waals surface area contributed by atoms with Crippen LogP contribution in [0.15, 0.2) is 84.9 Å². The van der Waals surface area contributed by atoms with E-state index in [1.807, 2.05) is 91.9 Å². The molecule has 4 amide bonds. The molecule has 176 valence electrons. The van der Waals surface area contributed by atoms with E-state index < -0.39 is 0 Å². The molecular weight excluding hydrogens is 424 g/mol. The first-order valence-corrected chi connectivity index (χ1v) is 11.9. The number of benzene rings is 3. The molecule has 2 unspecified atom stereocenters. The number of anilines is 2. The Hall–Kier alpha value is -3.80. The quantitative estimate of drug-likeness (QED) is 0.448. The summed E-state index contributed by atoms with van der Waals surface area (Å²) >= 11 is 0. The summed E-state index contributed by atoms with van der Waals surface area (Å²) in [6, 6.07) is 26.6. The van der Waals surface area contributed by atoms with Crippen molar-refractivity contribution in [1.82, 2.24) is 16.0 Å². The predicted octanol–water partition coefficient (Wildman–Crippen LogP) is 5.65. The Morgan fingerprint density at radius 1 is 0.765 bits per heavy atom. The SMILES string of the molecule is Cc1ccc(CNC(=O)NC2CCCCC2NC(=O)N(c2ccccc2)c2ccccc2)cc1. The fraction of sp³-hybridized carbons (Fsp3) is 0.286. The summed E-state index contributed by atoms with van der Waals surface area (Å²) < 4.78 is 0. The zero-order valence-corrected chi connectivity index (χ0v) is 19.5. The lowest BCUT2D eigenvalue weighted by atomic mass is 9.90. The van der Waals surface area contributed by atoms with E-state index in [4.69, 9.17) is 0 Å². The van der Waals surface area contributed by atoms with Gasteiger partial charge in [0.25, 0.3) is 0 Å². The number of hydrogen-bond donors (Lipinski definition) is 3. The van der Waals surface area contributed by atoms with Crippen molar-refractivity contribution in [1.29, 1.82) is 0 Å². The second kappa shape index (κ2) is 11.4. The van der Waals surface area contributed by atoms with Crippen LogP contribution in [-0.4, -0.2) is 24.1 Å². The molecular formula is C28H32N4O2. The van der Waals surface area contributed by atoms with E-state index in [0.717, 1.165) is 42.6 Å². The Balaban J connectivity index is 1.41. The topological polar surface area (TPSA) is 73.5 Å². The van der Waals surface area contributed by atoms with Gasteiger partial charge in [0.15, 0.2) is 0 Å². The van der Waals surface area contributed by atoms with Gasteiger partial charge in [-0.05, 0) is 49.6 Å². The van der Waals surface area contributed by atoms with Crippen LogP contribution in [-0.2, 0) is 6.54 Å². The first-order valence-electron chi connectivity index (χ1n) is 11.9. The molecule has 6 heteroatoms. The summed E-state index contributed by atoms with van der Waals surface area (Å²) in [4.78, 5) is 27.8. The number of aryl methyl sites for hydroxylation is 1. The normalized spacial score (nSPS) is 17.4. The Labute approximate surface area is 201 Å². The average Bonchev–Trinajstić information content (AvgIpc) is 2.86. The summed E-state index contributed by atoms with van der Waals surface area (Å²) in [7, 11) is 0. The number of nitrogens with one attached hydrogen (secondary N) is 3. The maximum Gasteiger partial charge on any atom is 0.326 e. The molecule has 1 aliphatic carbocycles. The molecule has 3 aromatic carbocycles. The van der Waals surface area contributed by atoms with Crippen LogP contribution in [0.5, 0.6) is 0 Å². The first kappa shape index (κ1) is 23.4. The Morgan fingerprint density at radius 3 is 1.85 bits per heavy atom. The van der Waals surface area contributed by atoms with Crippen LogP contribution in [0, 0.1) is 6.92 Å². The Bertz CT molecular complexity index is 1030. The van der Waals surface area contributed by atoms with Gasteiger partial charge in [0.1, 0.15) is 0 Å². The number of carbonyl (C=O) groups excluding carboxylic acids is 2. The third-order valence-corrected chi connectivity index (χ3v) is 6.20. The highest BCUT2D eigenvalue weighted by Gasteiger charge is 2.30. The van der Waals surface area contributed by atoms with Crippen LogP contribution in [0.3, 0.4) is 0 Å². The molecule has 0 heterocycles. The first-order chi connectivity index (χ1) is 16.6. The monoisotopic (exact) mass is 456 g/mol. The standard InChI is InChI=1S/C28H32N4O2/c1-21-16-18-22(19-17-21)20-29-27(33)30-25-14-8-9-15-26(25)31-28(34)32(23-10-4-2-5-11-23)24-12-6-3-7-13-24/h2-7,10-13,16-19,25-26H,8-9,14-15,20H2,1H3,(H,31,34)(H2,29,30,33). The minimum Gasteiger partial charge on any atom is -0.334 e. The van der Waals surface area contributed by atoms with Gasteiger partial charge in [0.05, 0.1) is 23.5 Å². The van der Waals surface area contributed by atoms with Crippen molar-refractivity contribution >= 4 is 23.4 Å². The number of para-hydroxylation sites is 2. The van der Waals surface area contributed by atoms with Gasteiger partial charge < -0.3 is 16.0 Å². The molecule has 1 aliphatic rings. The Morgan fingerprint density at radius 2 is 1.29 bits per heavy atom. The number of carbonyl (C=O) groups is 2. The highest BCUT2D eigenvalue weighted by atomic mass is 16.2. The Kier molecular flexibility index (Phi) is 7.81. The summed E-state index contributed by atoms with van der Waals surface area (Å²) in [6.07, 6.45) is 3.70. The fourth-order valence-electron chi connectivity index (χ4n) is 4.34. The van der Waals surface area contributed by atoms with Crippen molar-refractivity contribution < 1.29 is 9.59 Å². The van der Waals surface area contributed by atoms with Crippen molar-refractivity contribution in [2.24, 2.45) is 0 Å². The lowest BCUT2D eigenvalue weighted by Crippen LogP contribution is -2.56. The van der Waals surface area contributed by atoms with Gasteiger partial charge >= 0.3 is 12.1 Å². The van der Waals surface area contributed by atoms with E-state index >= 15 is 0 Å². The largest absolute Gasteiger partial charge is 0.334 e. The molecule has 34 heavy (non-hydrogen) atoms. The maximum absolute atomic E-state index is 13.5. The highest BCUT2D eigenvalue weighted by molar-refractivity contribution is 5.99. The van der Waals surface area contributed by atoms with Gasteiger partial charge in [-0.1, -0.05) is 79.1 Å². The predicted molar refractivity (Wildman–Crippen MR) is 136 cm³/mol. The molecule has 1 saturated carbocycles. The van der Waals surface area contributed by atoms with Crippen molar-refractivity contribution in [3.63, 3.8) is 0 Å². The second-order valence-electron chi connectivity index (χ2n) is 8.77. The number of nitrogens with zero attached hydrogens (tertiary/aromatic N) is 1. The third kappa shape index (κ3) is 6.16. The van der Waals surface area contributed by atoms with Gasteiger partial charge in [-0.3, -0.25) is 4.90 Å².